The third kappa shape index (κ3) is 4.09. The van der Waals surface area contributed by atoms with Crippen molar-refractivity contribution in [2.75, 3.05) is 0 Å². The highest BCUT2D eigenvalue weighted by Gasteiger charge is 2.27. The van der Waals surface area contributed by atoms with E-state index in [4.69, 9.17) is 0 Å². The van der Waals surface area contributed by atoms with Gasteiger partial charge in [0, 0.05) is 6.04 Å². The summed E-state index contributed by atoms with van der Waals surface area (Å²) in [6.45, 7) is 4.31. The summed E-state index contributed by atoms with van der Waals surface area (Å²) in [4.78, 5) is 12.2. The van der Waals surface area contributed by atoms with E-state index in [-0.39, 0.29) is 5.91 Å². The van der Waals surface area contributed by atoms with Crippen molar-refractivity contribution in [1.29, 1.82) is 0 Å². The molecule has 0 spiro atoms. The maximum atomic E-state index is 12.2. The van der Waals surface area contributed by atoms with Crippen molar-refractivity contribution in [2.24, 2.45) is 5.92 Å². The molecule has 0 bridgehead atoms. The van der Waals surface area contributed by atoms with Crippen molar-refractivity contribution < 1.29 is 4.79 Å². The molecule has 0 radical (unpaired) electrons. The Hall–Kier alpha value is -1.31. The molecule has 1 aliphatic rings. The predicted octanol–water partition coefficient (Wildman–Crippen LogP) is 4.01. The van der Waals surface area contributed by atoms with Gasteiger partial charge in [0.05, 0.1) is 6.42 Å². The molecule has 1 fully saturated rings. The summed E-state index contributed by atoms with van der Waals surface area (Å²) in [5.74, 6) is 0.892. The van der Waals surface area contributed by atoms with Gasteiger partial charge in [-0.05, 0) is 43.2 Å². The van der Waals surface area contributed by atoms with Crippen molar-refractivity contribution in [3.05, 3.63) is 35.4 Å². The summed E-state index contributed by atoms with van der Waals surface area (Å²) < 4.78 is 0. The number of rotatable bonds is 6. The van der Waals surface area contributed by atoms with Crippen LogP contribution in [-0.2, 0) is 11.2 Å². The maximum absolute atomic E-state index is 12.2. The van der Waals surface area contributed by atoms with Gasteiger partial charge in [-0.2, -0.15) is 0 Å². The highest BCUT2D eigenvalue weighted by Crippen LogP contribution is 2.29. The third-order valence-electron chi connectivity index (χ3n) is 4.55. The zero-order valence-corrected chi connectivity index (χ0v) is 12.8. The van der Waals surface area contributed by atoms with Crippen LogP contribution in [0.1, 0.15) is 56.6 Å². The van der Waals surface area contributed by atoms with Crippen LogP contribution in [0.4, 0.5) is 0 Å². The minimum atomic E-state index is 0.188. The van der Waals surface area contributed by atoms with Crippen LogP contribution in [0.3, 0.4) is 0 Å². The van der Waals surface area contributed by atoms with Crippen LogP contribution in [0.15, 0.2) is 24.3 Å². The van der Waals surface area contributed by atoms with E-state index >= 15 is 0 Å². The van der Waals surface area contributed by atoms with E-state index in [2.05, 4.69) is 31.3 Å². The largest absolute Gasteiger partial charge is 0.353 e. The highest BCUT2D eigenvalue weighted by atomic mass is 16.1. The van der Waals surface area contributed by atoms with Crippen LogP contribution in [0.25, 0.3) is 0 Å². The molecule has 2 nitrogen and oxygen atoms in total. The van der Waals surface area contributed by atoms with E-state index in [1.807, 2.05) is 12.1 Å². The molecule has 20 heavy (non-hydrogen) atoms. The molecule has 1 N–H and O–H groups in total. The van der Waals surface area contributed by atoms with Crippen molar-refractivity contribution in [3.63, 3.8) is 0 Å². The normalized spacial score (nSPS) is 21.9. The lowest BCUT2D eigenvalue weighted by molar-refractivity contribution is -0.121. The van der Waals surface area contributed by atoms with E-state index in [1.54, 1.807) is 0 Å². The number of benzene rings is 1. The second kappa shape index (κ2) is 7.47. The quantitative estimate of drug-likeness (QED) is 0.833. The smallest absolute Gasteiger partial charge is 0.224 e. The van der Waals surface area contributed by atoms with Gasteiger partial charge in [-0.1, -0.05) is 50.5 Å². The van der Waals surface area contributed by atoms with Gasteiger partial charge in [0.1, 0.15) is 0 Å². The van der Waals surface area contributed by atoms with E-state index < -0.39 is 0 Å². The Morgan fingerprint density at radius 3 is 2.85 bits per heavy atom. The van der Waals surface area contributed by atoms with E-state index in [0.717, 1.165) is 12.0 Å². The molecule has 110 valence electrons. The van der Waals surface area contributed by atoms with Gasteiger partial charge in [0.25, 0.3) is 0 Å². The number of unbranched alkanes of at least 4 members (excludes halogenated alkanes) is 1. The first-order chi connectivity index (χ1) is 9.70. The number of nitrogens with one attached hydrogen (secondary N) is 1. The summed E-state index contributed by atoms with van der Waals surface area (Å²) in [6.07, 6.45) is 8.04. The Morgan fingerprint density at radius 2 is 2.10 bits per heavy atom. The molecule has 0 aromatic heterocycles. The number of hydrogen-bond donors (Lipinski definition) is 1. The Morgan fingerprint density at radius 1 is 1.30 bits per heavy atom. The van der Waals surface area contributed by atoms with E-state index in [1.165, 1.54) is 37.7 Å². The molecule has 0 saturated heterocycles. The zero-order valence-electron chi connectivity index (χ0n) is 12.8. The van der Waals surface area contributed by atoms with E-state index in [9.17, 15) is 4.79 Å². The minimum absolute atomic E-state index is 0.188. The average molecular weight is 273 g/mol. The van der Waals surface area contributed by atoms with Gasteiger partial charge in [0.15, 0.2) is 0 Å². The Labute approximate surface area is 123 Å². The van der Waals surface area contributed by atoms with Crippen LogP contribution in [-0.4, -0.2) is 11.9 Å². The molecule has 1 aromatic carbocycles. The lowest BCUT2D eigenvalue weighted by Crippen LogP contribution is -2.38. The fourth-order valence-electron chi connectivity index (χ4n) is 3.28. The second-order valence-electron chi connectivity index (χ2n) is 6.11. The number of amides is 1. The molecule has 0 heterocycles. The molecule has 1 aliphatic carbocycles. The minimum Gasteiger partial charge on any atom is -0.353 e. The Balaban J connectivity index is 1.86. The Bertz CT molecular complexity index is 441. The maximum Gasteiger partial charge on any atom is 0.224 e. The Kier molecular flexibility index (Phi) is 5.63. The standard InChI is InChI=1S/C18H27NO/c1-3-4-9-15-11-7-12-17(15)19-18(20)13-16-10-6-5-8-14(16)2/h5-6,8,10,15,17H,3-4,7,9,11-13H2,1-2H3,(H,19,20). The van der Waals surface area contributed by atoms with Gasteiger partial charge in [0.2, 0.25) is 5.91 Å². The number of carbonyl (C=O) groups is 1. The zero-order chi connectivity index (χ0) is 14.4. The van der Waals surface area contributed by atoms with Gasteiger partial charge >= 0.3 is 0 Å². The van der Waals surface area contributed by atoms with Gasteiger partial charge in [-0.25, -0.2) is 0 Å². The number of aryl methyl sites for hydroxylation is 1. The SMILES string of the molecule is CCCCC1CCCC1NC(=O)Cc1ccccc1C. The molecule has 1 saturated carbocycles. The predicted molar refractivity (Wildman–Crippen MR) is 83.7 cm³/mol. The van der Waals surface area contributed by atoms with Crippen molar-refractivity contribution >= 4 is 5.91 Å². The first-order valence-electron chi connectivity index (χ1n) is 8.04. The summed E-state index contributed by atoms with van der Waals surface area (Å²) in [5, 5.41) is 3.27. The van der Waals surface area contributed by atoms with Crippen molar-refractivity contribution in [1.82, 2.24) is 5.32 Å². The van der Waals surface area contributed by atoms with Gasteiger partial charge < -0.3 is 5.32 Å². The molecule has 2 atom stereocenters. The van der Waals surface area contributed by atoms with Crippen molar-refractivity contribution in [3.8, 4) is 0 Å². The van der Waals surface area contributed by atoms with E-state index in [0.29, 0.717) is 18.4 Å². The molecular weight excluding hydrogens is 246 g/mol. The second-order valence-corrected chi connectivity index (χ2v) is 6.11. The molecule has 2 rings (SSSR count). The van der Waals surface area contributed by atoms with Crippen LogP contribution >= 0.6 is 0 Å². The van der Waals surface area contributed by atoms with Crippen molar-refractivity contribution in [2.45, 2.75) is 64.8 Å². The van der Waals surface area contributed by atoms with Gasteiger partial charge in [-0.3, -0.25) is 4.79 Å². The number of carbonyl (C=O) groups excluding carboxylic acids is 1. The molecular formula is C18H27NO. The average Bonchev–Trinajstić information content (AvgIpc) is 2.86. The first-order valence-corrected chi connectivity index (χ1v) is 8.04. The topological polar surface area (TPSA) is 29.1 Å². The lowest BCUT2D eigenvalue weighted by Gasteiger charge is -2.21. The monoisotopic (exact) mass is 273 g/mol. The first kappa shape index (κ1) is 15.1. The van der Waals surface area contributed by atoms with Crippen LogP contribution in [0, 0.1) is 12.8 Å². The van der Waals surface area contributed by atoms with Gasteiger partial charge in [-0.15, -0.1) is 0 Å². The summed E-state index contributed by atoms with van der Waals surface area (Å²) in [7, 11) is 0. The molecule has 2 heteroatoms. The fourth-order valence-corrected chi connectivity index (χ4v) is 3.28. The summed E-state index contributed by atoms with van der Waals surface area (Å²) in [6, 6.07) is 8.57. The lowest BCUT2D eigenvalue weighted by atomic mass is 9.96. The molecule has 1 amide bonds. The summed E-state index contributed by atoms with van der Waals surface area (Å²) in [5.41, 5.74) is 2.35. The molecule has 1 aromatic rings. The highest BCUT2D eigenvalue weighted by molar-refractivity contribution is 5.79. The van der Waals surface area contributed by atoms with Crippen LogP contribution in [0.2, 0.25) is 0 Å². The van der Waals surface area contributed by atoms with Crippen LogP contribution < -0.4 is 5.32 Å². The summed E-state index contributed by atoms with van der Waals surface area (Å²) >= 11 is 0. The third-order valence-corrected chi connectivity index (χ3v) is 4.55. The fraction of sp³-hybridized carbons (Fsp3) is 0.611. The number of hydrogen-bond acceptors (Lipinski definition) is 1. The molecule has 0 aliphatic heterocycles. The molecule has 2 unspecified atom stereocenters. The van der Waals surface area contributed by atoms with Crippen LogP contribution in [0.5, 0.6) is 0 Å².